The van der Waals surface area contributed by atoms with Gasteiger partial charge in [-0.25, -0.2) is 13.1 Å². The van der Waals surface area contributed by atoms with E-state index in [1.807, 2.05) is 20.8 Å². The molecule has 3 N–H and O–H groups in total. The molecule has 0 aliphatic rings. The van der Waals surface area contributed by atoms with E-state index in [2.05, 4.69) is 20.2 Å². The normalized spacial score (nSPS) is 12.2. The predicted octanol–water partition coefficient (Wildman–Crippen LogP) is 0.531. The number of rotatable bonds is 9. The number of nitrogens with zero attached hydrogens (tertiary/aromatic N) is 1. The zero-order valence-corrected chi connectivity index (χ0v) is 13.3. The molecule has 20 heavy (non-hydrogen) atoms. The predicted molar refractivity (Wildman–Crippen MR) is 77.0 cm³/mol. The van der Waals surface area contributed by atoms with E-state index in [9.17, 15) is 8.42 Å². The Morgan fingerprint density at radius 3 is 2.70 bits per heavy atom. The van der Waals surface area contributed by atoms with E-state index in [1.54, 1.807) is 6.92 Å². The number of hydrogen-bond donors (Lipinski definition) is 3. The van der Waals surface area contributed by atoms with Crippen LogP contribution >= 0.6 is 0 Å². The Morgan fingerprint density at radius 2 is 2.10 bits per heavy atom. The Balaban J connectivity index is 2.79. The molecule has 7 nitrogen and oxygen atoms in total. The molecule has 0 saturated heterocycles. The molecule has 0 aromatic carbocycles. The second-order valence-electron chi connectivity index (χ2n) is 4.75. The van der Waals surface area contributed by atoms with Gasteiger partial charge in [0.05, 0.1) is 18.0 Å². The molecular formula is C12H24N4O3S. The number of hydrogen-bond acceptors (Lipinski definition) is 5. The van der Waals surface area contributed by atoms with Gasteiger partial charge in [-0.1, -0.05) is 13.8 Å². The van der Waals surface area contributed by atoms with E-state index in [4.69, 9.17) is 4.74 Å². The first-order valence-electron chi connectivity index (χ1n) is 6.73. The summed E-state index contributed by atoms with van der Waals surface area (Å²) >= 11 is 0. The largest absolute Gasteiger partial charge is 0.380 e. The number of aromatic amines is 1. The summed E-state index contributed by atoms with van der Waals surface area (Å²) in [5.41, 5.74) is 1.04. The van der Waals surface area contributed by atoms with Gasteiger partial charge in [0.15, 0.2) is 0 Å². The standard InChI is InChI=1S/C12H24N4O3S/c1-5-19-7-6-14-20(17,18)12-10(4)15-16-11(12)8-13-9(2)3/h9,13-14H,5-8H2,1-4H3,(H,15,16). The van der Waals surface area contributed by atoms with Crippen molar-refractivity contribution in [3.05, 3.63) is 11.4 Å². The van der Waals surface area contributed by atoms with Gasteiger partial charge in [-0.15, -0.1) is 0 Å². The van der Waals surface area contributed by atoms with Crippen LogP contribution in [0.2, 0.25) is 0 Å². The second kappa shape index (κ2) is 7.72. The minimum absolute atomic E-state index is 0.224. The second-order valence-corrected chi connectivity index (χ2v) is 6.46. The average Bonchev–Trinajstić information content (AvgIpc) is 2.74. The number of aromatic nitrogens is 2. The van der Waals surface area contributed by atoms with Gasteiger partial charge in [0.1, 0.15) is 4.90 Å². The topological polar surface area (TPSA) is 96.1 Å². The summed E-state index contributed by atoms with van der Waals surface area (Å²) in [6, 6.07) is 0.258. The monoisotopic (exact) mass is 304 g/mol. The van der Waals surface area contributed by atoms with Crippen LogP contribution in [0.5, 0.6) is 0 Å². The molecule has 0 aliphatic heterocycles. The van der Waals surface area contributed by atoms with Gasteiger partial charge in [0, 0.05) is 25.7 Å². The van der Waals surface area contributed by atoms with Crippen LogP contribution in [0.1, 0.15) is 32.2 Å². The molecule has 116 valence electrons. The van der Waals surface area contributed by atoms with Crippen molar-refractivity contribution in [1.29, 1.82) is 0 Å². The molecule has 1 aromatic heterocycles. The molecule has 0 aliphatic carbocycles. The molecule has 0 bridgehead atoms. The fourth-order valence-electron chi connectivity index (χ4n) is 1.71. The number of H-pyrrole nitrogens is 1. The van der Waals surface area contributed by atoms with Crippen LogP contribution in [-0.4, -0.2) is 44.4 Å². The summed E-state index contributed by atoms with van der Waals surface area (Å²) in [5.74, 6) is 0. The van der Waals surface area contributed by atoms with Crippen molar-refractivity contribution in [2.24, 2.45) is 0 Å². The summed E-state index contributed by atoms with van der Waals surface area (Å²) in [6.07, 6.45) is 0. The number of nitrogens with one attached hydrogen (secondary N) is 3. The van der Waals surface area contributed by atoms with Gasteiger partial charge in [0.25, 0.3) is 0 Å². The van der Waals surface area contributed by atoms with E-state index < -0.39 is 10.0 Å². The molecule has 1 aromatic rings. The quantitative estimate of drug-likeness (QED) is 0.578. The van der Waals surface area contributed by atoms with Gasteiger partial charge >= 0.3 is 0 Å². The van der Waals surface area contributed by atoms with Gasteiger partial charge in [-0.05, 0) is 13.8 Å². The first-order valence-corrected chi connectivity index (χ1v) is 8.21. The molecule has 1 heterocycles. The van der Waals surface area contributed by atoms with Crippen molar-refractivity contribution in [2.75, 3.05) is 19.8 Å². The summed E-state index contributed by atoms with van der Waals surface area (Å²) in [7, 11) is -3.57. The molecule has 0 fully saturated rings. The van der Waals surface area contributed by atoms with E-state index in [-0.39, 0.29) is 17.5 Å². The SMILES string of the molecule is CCOCCNS(=O)(=O)c1c(CNC(C)C)n[nH]c1C. The van der Waals surface area contributed by atoms with Crippen molar-refractivity contribution < 1.29 is 13.2 Å². The smallest absolute Gasteiger partial charge is 0.244 e. The average molecular weight is 304 g/mol. The lowest BCUT2D eigenvalue weighted by Crippen LogP contribution is -2.30. The highest BCUT2D eigenvalue weighted by atomic mass is 32.2. The third kappa shape index (κ3) is 4.86. The van der Waals surface area contributed by atoms with Crippen molar-refractivity contribution in [1.82, 2.24) is 20.2 Å². The Hall–Kier alpha value is -0.960. The summed E-state index contributed by atoms with van der Waals surface area (Å²) in [6.45, 7) is 9.12. The highest BCUT2D eigenvalue weighted by Gasteiger charge is 2.23. The summed E-state index contributed by atoms with van der Waals surface area (Å²) in [5, 5.41) is 9.95. The Kier molecular flexibility index (Phi) is 6.60. The van der Waals surface area contributed by atoms with Gasteiger partial charge in [-0.3, -0.25) is 5.10 Å². The van der Waals surface area contributed by atoms with E-state index >= 15 is 0 Å². The zero-order chi connectivity index (χ0) is 15.2. The van der Waals surface area contributed by atoms with Crippen LogP contribution in [0.25, 0.3) is 0 Å². The molecule has 8 heteroatoms. The van der Waals surface area contributed by atoms with Crippen LogP contribution in [0.3, 0.4) is 0 Å². The van der Waals surface area contributed by atoms with Gasteiger partial charge < -0.3 is 10.1 Å². The van der Waals surface area contributed by atoms with Crippen LogP contribution in [0.4, 0.5) is 0 Å². The fourth-order valence-corrected chi connectivity index (χ4v) is 3.08. The molecular weight excluding hydrogens is 280 g/mol. The molecule has 0 amide bonds. The number of aryl methyl sites for hydroxylation is 1. The van der Waals surface area contributed by atoms with E-state index in [0.29, 0.717) is 31.1 Å². The lowest BCUT2D eigenvalue weighted by molar-refractivity contribution is 0.153. The Bertz CT molecular complexity index is 511. The minimum Gasteiger partial charge on any atom is -0.380 e. The maximum atomic E-state index is 12.3. The highest BCUT2D eigenvalue weighted by molar-refractivity contribution is 7.89. The minimum atomic E-state index is -3.57. The number of ether oxygens (including phenoxy) is 1. The molecule has 0 spiro atoms. The molecule has 1 rings (SSSR count). The Labute approximate surface area is 120 Å². The third-order valence-electron chi connectivity index (χ3n) is 2.65. The van der Waals surface area contributed by atoms with Crippen LogP contribution < -0.4 is 10.0 Å². The zero-order valence-electron chi connectivity index (χ0n) is 12.5. The van der Waals surface area contributed by atoms with Crippen molar-refractivity contribution in [3.63, 3.8) is 0 Å². The molecule has 0 radical (unpaired) electrons. The first-order chi connectivity index (χ1) is 9.38. The van der Waals surface area contributed by atoms with E-state index in [1.165, 1.54) is 0 Å². The number of sulfonamides is 1. The van der Waals surface area contributed by atoms with Crippen LogP contribution in [0, 0.1) is 6.92 Å². The lowest BCUT2D eigenvalue weighted by Gasteiger charge is -2.10. The highest BCUT2D eigenvalue weighted by Crippen LogP contribution is 2.17. The first kappa shape index (κ1) is 17.1. The van der Waals surface area contributed by atoms with Gasteiger partial charge in [-0.2, -0.15) is 5.10 Å². The summed E-state index contributed by atoms with van der Waals surface area (Å²) < 4.78 is 32.2. The van der Waals surface area contributed by atoms with Crippen molar-refractivity contribution >= 4 is 10.0 Å². The van der Waals surface area contributed by atoms with E-state index in [0.717, 1.165) is 0 Å². The van der Waals surface area contributed by atoms with Crippen LogP contribution in [0.15, 0.2) is 4.90 Å². The van der Waals surface area contributed by atoms with Crippen molar-refractivity contribution in [2.45, 2.75) is 45.2 Å². The Morgan fingerprint density at radius 1 is 1.40 bits per heavy atom. The summed E-state index contributed by atoms with van der Waals surface area (Å²) in [4.78, 5) is 0.224. The van der Waals surface area contributed by atoms with Crippen molar-refractivity contribution in [3.8, 4) is 0 Å². The molecule has 0 atom stereocenters. The fraction of sp³-hybridized carbons (Fsp3) is 0.750. The third-order valence-corrected chi connectivity index (χ3v) is 4.31. The molecule has 0 unspecified atom stereocenters. The van der Waals surface area contributed by atoms with Gasteiger partial charge in [0.2, 0.25) is 10.0 Å². The lowest BCUT2D eigenvalue weighted by atomic mass is 10.3. The maximum Gasteiger partial charge on any atom is 0.244 e. The van der Waals surface area contributed by atoms with Crippen LogP contribution in [-0.2, 0) is 21.3 Å². The maximum absolute atomic E-state index is 12.3. The molecule has 0 saturated carbocycles.